The molecule has 0 aliphatic heterocycles. The Morgan fingerprint density at radius 3 is 2.48 bits per heavy atom. The topological polar surface area (TPSA) is 94.6 Å². The maximum absolute atomic E-state index is 12.6. The van der Waals surface area contributed by atoms with Crippen LogP contribution in [0, 0.1) is 10.1 Å². The first-order valence-electron chi connectivity index (χ1n) is 6.68. The van der Waals surface area contributed by atoms with Crippen LogP contribution in [0.3, 0.4) is 0 Å². The Balaban J connectivity index is 2.15. The highest BCUT2D eigenvalue weighted by Crippen LogP contribution is 2.31. The summed E-state index contributed by atoms with van der Waals surface area (Å²) in [5.41, 5.74) is 0.120. The Labute approximate surface area is 164 Å². The van der Waals surface area contributed by atoms with Gasteiger partial charge in [-0.2, -0.15) is 4.40 Å². The van der Waals surface area contributed by atoms with Crippen LogP contribution >= 0.6 is 43.5 Å². The van der Waals surface area contributed by atoms with Crippen LogP contribution < -0.4 is 0 Å². The molecule has 0 aliphatic rings. The summed E-state index contributed by atoms with van der Waals surface area (Å²) >= 11 is 12.3. The molecule has 0 saturated carbocycles. The predicted molar refractivity (Wildman–Crippen MR) is 99.6 cm³/mol. The highest BCUT2D eigenvalue weighted by Gasteiger charge is 2.29. The molecule has 0 spiro atoms. The summed E-state index contributed by atoms with van der Waals surface area (Å²) in [5, 5.41) is 11.9. The molecule has 2 aromatic heterocycles. The lowest BCUT2D eigenvalue weighted by atomic mass is 10.4. The molecular weight excluding hydrogens is 501 g/mol. The smallest absolute Gasteiger partial charge is 0.352 e. The number of pyridine rings is 1. The van der Waals surface area contributed by atoms with E-state index in [1.54, 1.807) is 6.07 Å². The monoisotopic (exact) mass is 507 g/mol. The minimum absolute atomic E-state index is 0.0171. The van der Waals surface area contributed by atoms with E-state index in [1.165, 1.54) is 34.9 Å². The number of halogens is 3. The second kappa shape index (κ2) is 6.67. The van der Waals surface area contributed by atoms with E-state index in [2.05, 4.69) is 36.8 Å². The average molecular weight is 510 g/mol. The number of fused-ring (bicyclic) bond motifs is 1. The molecule has 2 heterocycles. The zero-order chi connectivity index (χ0) is 18.4. The SMILES string of the molecule is O=[N+]([O-])c1c(CS(=O)(=O)c2ccc(Cl)cc2)nc2c(Br)cc(Br)cn12. The normalized spacial score (nSPS) is 11.8. The second-order valence-corrected chi connectivity index (χ2v) is 9.25. The first-order chi connectivity index (χ1) is 11.7. The van der Waals surface area contributed by atoms with E-state index in [4.69, 9.17) is 11.6 Å². The largest absolute Gasteiger partial charge is 0.358 e. The van der Waals surface area contributed by atoms with Crippen LogP contribution in [0.1, 0.15) is 5.69 Å². The van der Waals surface area contributed by atoms with Gasteiger partial charge in [0, 0.05) is 5.02 Å². The van der Waals surface area contributed by atoms with Gasteiger partial charge in [0.2, 0.25) is 5.65 Å². The van der Waals surface area contributed by atoms with Crippen LogP contribution in [0.2, 0.25) is 5.02 Å². The highest BCUT2D eigenvalue weighted by molar-refractivity contribution is 9.11. The highest BCUT2D eigenvalue weighted by atomic mass is 79.9. The van der Waals surface area contributed by atoms with Gasteiger partial charge in [0.15, 0.2) is 15.5 Å². The van der Waals surface area contributed by atoms with Crippen molar-refractivity contribution in [2.24, 2.45) is 0 Å². The van der Waals surface area contributed by atoms with Crippen LogP contribution in [0.4, 0.5) is 5.82 Å². The Hall–Kier alpha value is -1.49. The van der Waals surface area contributed by atoms with Gasteiger partial charge in [-0.15, -0.1) is 0 Å². The van der Waals surface area contributed by atoms with Gasteiger partial charge in [0.05, 0.1) is 13.8 Å². The van der Waals surface area contributed by atoms with Gasteiger partial charge >= 0.3 is 5.82 Å². The number of nitro groups is 1. The number of nitrogens with zero attached hydrogens (tertiary/aromatic N) is 3. The fraction of sp³-hybridized carbons (Fsp3) is 0.0714. The van der Waals surface area contributed by atoms with Crippen molar-refractivity contribution in [3.8, 4) is 0 Å². The second-order valence-electron chi connectivity index (χ2n) is 5.05. The summed E-state index contributed by atoms with van der Waals surface area (Å²) in [6.45, 7) is 0. The van der Waals surface area contributed by atoms with Crippen molar-refractivity contribution in [3.05, 3.63) is 66.3 Å². The van der Waals surface area contributed by atoms with Gasteiger partial charge < -0.3 is 10.1 Å². The molecule has 0 bridgehead atoms. The molecule has 0 N–H and O–H groups in total. The molecule has 0 unspecified atom stereocenters. The molecule has 3 aromatic rings. The Morgan fingerprint density at radius 2 is 1.88 bits per heavy atom. The molecule has 3 rings (SSSR count). The van der Waals surface area contributed by atoms with E-state index in [1.807, 2.05) is 0 Å². The van der Waals surface area contributed by atoms with Crippen LogP contribution in [0.25, 0.3) is 5.65 Å². The zero-order valence-electron chi connectivity index (χ0n) is 12.2. The lowest BCUT2D eigenvalue weighted by Gasteiger charge is -2.03. The number of imidazole rings is 1. The Kier molecular flexibility index (Phi) is 4.89. The number of aromatic nitrogens is 2. The molecule has 7 nitrogen and oxygen atoms in total. The van der Waals surface area contributed by atoms with E-state index >= 15 is 0 Å². The maximum atomic E-state index is 12.6. The summed E-state index contributed by atoms with van der Waals surface area (Å²) in [7, 11) is -3.82. The summed E-state index contributed by atoms with van der Waals surface area (Å²) in [4.78, 5) is 15.0. The Bertz CT molecular complexity index is 1100. The summed E-state index contributed by atoms with van der Waals surface area (Å²) in [6.07, 6.45) is 1.46. The molecule has 0 aliphatic carbocycles. The molecule has 130 valence electrons. The molecule has 0 saturated heterocycles. The predicted octanol–water partition coefficient (Wildman–Crippen LogP) is 4.39. The van der Waals surface area contributed by atoms with Crippen LogP contribution in [0.5, 0.6) is 0 Å². The summed E-state index contributed by atoms with van der Waals surface area (Å²) < 4.78 is 27.5. The minimum Gasteiger partial charge on any atom is -0.358 e. The summed E-state index contributed by atoms with van der Waals surface area (Å²) in [5.74, 6) is -0.994. The number of rotatable bonds is 4. The van der Waals surface area contributed by atoms with Crippen LogP contribution in [0.15, 0.2) is 50.4 Å². The van der Waals surface area contributed by atoms with Gasteiger partial charge in [0.1, 0.15) is 11.9 Å². The van der Waals surface area contributed by atoms with Crippen LogP contribution in [-0.4, -0.2) is 22.7 Å². The third-order valence-electron chi connectivity index (χ3n) is 3.36. The van der Waals surface area contributed by atoms with E-state index in [0.29, 0.717) is 14.0 Å². The third kappa shape index (κ3) is 3.57. The van der Waals surface area contributed by atoms with Gasteiger partial charge in [-0.05, 0) is 67.1 Å². The Morgan fingerprint density at radius 1 is 1.24 bits per heavy atom. The van der Waals surface area contributed by atoms with Crippen molar-refractivity contribution < 1.29 is 13.3 Å². The molecule has 11 heteroatoms. The number of sulfone groups is 1. The first kappa shape index (κ1) is 18.3. The average Bonchev–Trinajstić information content (AvgIpc) is 2.85. The number of hydrogen-bond acceptors (Lipinski definition) is 5. The molecule has 1 aromatic carbocycles. The van der Waals surface area contributed by atoms with E-state index < -0.39 is 26.3 Å². The van der Waals surface area contributed by atoms with Gasteiger partial charge in [-0.25, -0.2) is 13.4 Å². The third-order valence-corrected chi connectivity index (χ3v) is 6.27. The summed E-state index contributed by atoms with van der Waals surface area (Å²) in [6, 6.07) is 7.27. The molecule has 0 radical (unpaired) electrons. The number of hydrogen-bond donors (Lipinski definition) is 0. The minimum atomic E-state index is -3.82. The van der Waals surface area contributed by atoms with Crippen molar-refractivity contribution in [1.29, 1.82) is 0 Å². The lowest BCUT2D eigenvalue weighted by molar-refractivity contribution is -0.391. The van der Waals surface area contributed by atoms with Crippen molar-refractivity contribution in [1.82, 2.24) is 9.38 Å². The lowest BCUT2D eigenvalue weighted by Crippen LogP contribution is -2.07. The quantitative estimate of drug-likeness (QED) is 0.384. The maximum Gasteiger partial charge on any atom is 0.352 e. The van der Waals surface area contributed by atoms with Crippen molar-refractivity contribution >= 4 is 64.8 Å². The van der Waals surface area contributed by atoms with Gasteiger partial charge in [-0.1, -0.05) is 11.6 Å². The molecule has 25 heavy (non-hydrogen) atoms. The standard InChI is InChI=1S/C14H8Br2ClN3O4S/c15-8-5-11(16)13-18-12(14(20(21)22)19(13)6-8)7-25(23,24)10-3-1-9(17)2-4-10/h1-6H,7H2. The number of benzene rings is 1. The molecule has 0 atom stereocenters. The van der Waals surface area contributed by atoms with Crippen molar-refractivity contribution in [3.63, 3.8) is 0 Å². The van der Waals surface area contributed by atoms with Gasteiger partial charge in [0.25, 0.3) is 0 Å². The first-order valence-corrected chi connectivity index (χ1v) is 10.3. The van der Waals surface area contributed by atoms with Crippen molar-refractivity contribution in [2.45, 2.75) is 10.6 Å². The fourth-order valence-electron chi connectivity index (χ4n) is 2.30. The molecular formula is C14H8Br2ClN3O4S. The van der Waals surface area contributed by atoms with Crippen LogP contribution in [-0.2, 0) is 15.6 Å². The van der Waals surface area contributed by atoms with E-state index in [0.717, 1.165) is 0 Å². The molecule has 0 amide bonds. The van der Waals surface area contributed by atoms with Gasteiger partial charge in [-0.3, -0.25) is 0 Å². The van der Waals surface area contributed by atoms with E-state index in [9.17, 15) is 18.5 Å². The van der Waals surface area contributed by atoms with Crippen molar-refractivity contribution in [2.75, 3.05) is 0 Å². The zero-order valence-corrected chi connectivity index (χ0v) is 16.9. The van der Waals surface area contributed by atoms with E-state index in [-0.39, 0.29) is 16.2 Å². The fourth-order valence-corrected chi connectivity index (χ4v) is 4.97. The molecule has 0 fully saturated rings.